The number of aryl methyl sites for hydroxylation is 2. The molecule has 0 aromatic heterocycles. The second-order valence-electron chi connectivity index (χ2n) is 5.43. The molecule has 0 saturated carbocycles. The molecule has 3 heteroatoms. The van der Waals surface area contributed by atoms with Crippen LogP contribution in [0, 0.1) is 25.2 Å². The van der Waals surface area contributed by atoms with E-state index in [0.717, 1.165) is 16.7 Å². The molecule has 3 nitrogen and oxygen atoms in total. The van der Waals surface area contributed by atoms with E-state index < -0.39 is 11.4 Å². The zero-order valence-electron chi connectivity index (χ0n) is 11.7. The molecule has 0 saturated heterocycles. The molecule has 3 N–H and O–H groups in total. The van der Waals surface area contributed by atoms with Crippen LogP contribution in [-0.4, -0.2) is 17.6 Å². The fourth-order valence-electron chi connectivity index (χ4n) is 2.25. The SMILES string of the molecule is Cc1ccc(C)c(CC(CN)(C(=O)O)C(C)C)c1. The summed E-state index contributed by atoms with van der Waals surface area (Å²) in [5.41, 5.74) is 8.24. The van der Waals surface area contributed by atoms with Gasteiger partial charge in [0.25, 0.3) is 0 Å². The number of aliphatic carboxylic acids is 1. The van der Waals surface area contributed by atoms with E-state index in [0.29, 0.717) is 6.42 Å². The van der Waals surface area contributed by atoms with Gasteiger partial charge in [0, 0.05) is 6.54 Å². The second-order valence-corrected chi connectivity index (χ2v) is 5.43. The number of hydrogen-bond acceptors (Lipinski definition) is 2. The predicted octanol–water partition coefficient (Wildman–Crippen LogP) is 2.53. The summed E-state index contributed by atoms with van der Waals surface area (Å²) in [7, 11) is 0. The maximum absolute atomic E-state index is 11.6. The van der Waals surface area contributed by atoms with E-state index in [1.807, 2.05) is 39.8 Å². The Balaban J connectivity index is 3.18. The molecule has 100 valence electrons. The molecule has 1 rings (SSSR count). The van der Waals surface area contributed by atoms with Crippen LogP contribution in [0.3, 0.4) is 0 Å². The van der Waals surface area contributed by atoms with Crippen molar-refractivity contribution in [2.45, 2.75) is 34.1 Å². The van der Waals surface area contributed by atoms with Gasteiger partial charge in [-0.25, -0.2) is 0 Å². The minimum atomic E-state index is -0.876. The van der Waals surface area contributed by atoms with Crippen LogP contribution in [0.4, 0.5) is 0 Å². The Morgan fingerprint density at radius 1 is 1.39 bits per heavy atom. The van der Waals surface area contributed by atoms with E-state index in [1.54, 1.807) is 0 Å². The van der Waals surface area contributed by atoms with Crippen LogP contribution in [0.25, 0.3) is 0 Å². The van der Waals surface area contributed by atoms with Gasteiger partial charge in [-0.15, -0.1) is 0 Å². The van der Waals surface area contributed by atoms with E-state index in [1.165, 1.54) is 0 Å². The maximum Gasteiger partial charge on any atom is 0.311 e. The predicted molar refractivity (Wildman–Crippen MR) is 73.6 cm³/mol. The molecule has 18 heavy (non-hydrogen) atoms. The van der Waals surface area contributed by atoms with Gasteiger partial charge < -0.3 is 10.8 Å². The molecule has 1 atom stereocenters. The highest BCUT2D eigenvalue weighted by molar-refractivity contribution is 5.76. The lowest BCUT2D eigenvalue weighted by molar-refractivity contribution is -0.151. The zero-order valence-corrected chi connectivity index (χ0v) is 11.7. The molecular weight excluding hydrogens is 226 g/mol. The Morgan fingerprint density at radius 3 is 2.44 bits per heavy atom. The average molecular weight is 249 g/mol. The van der Waals surface area contributed by atoms with Gasteiger partial charge >= 0.3 is 5.97 Å². The highest BCUT2D eigenvalue weighted by Crippen LogP contribution is 2.32. The topological polar surface area (TPSA) is 63.3 Å². The fraction of sp³-hybridized carbons (Fsp3) is 0.533. The lowest BCUT2D eigenvalue weighted by Gasteiger charge is -2.32. The molecule has 0 spiro atoms. The number of carboxylic acid groups (broad SMARTS) is 1. The van der Waals surface area contributed by atoms with E-state index >= 15 is 0 Å². The largest absolute Gasteiger partial charge is 0.481 e. The van der Waals surface area contributed by atoms with Crippen LogP contribution in [0.15, 0.2) is 18.2 Å². The Labute approximate surface area is 109 Å². The van der Waals surface area contributed by atoms with E-state index in [9.17, 15) is 9.90 Å². The number of carboxylic acids is 1. The summed E-state index contributed by atoms with van der Waals surface area (Å²) in [6, 6.07) is 6.14. The molecule has 1 aromatic carbocycles. The van der Waals surface area contributed by atoms with E-state index in [4.69, 9.17) is 5.73 Å². The molecule has 1 unspecified atom stereocenters. The summed E-state index contributed by atoms with van der Waals surface area (Å²) in [5.74, 6) is -0.805. The summed E-state index contributed by atoms with van der Waals surface area (Å²) < 4.78 is 0. The Kier molecular flexibility index (Phi) is 4.52. The molecule has 0 radical (unpaired) electrons. The van der Waals surface area contributed by atoms with Crippen molar-refractivity contribution in [3.05, 3.63) is 34.9 Å². The molecule has 0 aliphatic heterocycles. The third-order valence-electron chi connectivity index (χ3n) is 3.91. The van der Waals surface area contributed by atoms with E-state index in [-0.39, 0.29) is 12.5 Å². The normalized spacial score (nSPS) is 14.6. The summed E-state index contributed by atoms with van der Waals surface area (Å²) in [4.78, 5) is 11.6. The van der Waals surface area contributed by atoms with Gasteiger partial charge in [0.2, 0.25) is 0 Å². The summed E-state index contributed by atoms with van der Waals surface area (Å²) in [6.45, 7) is 8.03. The average Bonchev–Trinajstić information content (AvgIpc) is 2.29. The molecular formula is C15H23NO2. The minimum absolute atomic E-state index is 0.0000813. The van der Waals surface area contributed by atoms with Crippen LogP contribution in [0.1, 0.15) is 30.5 Å². The van der Waals surface area contributed by atoms with Crippen molar-refractivity contribution in [3.63, 3.8) is 0 Å². The molecule has 0 fully saturated rings. The van der Waals surface area contributed by atoms with Gasteiger partial charge in [0.05, 0.1) is 5.41 Å². The van der Waals surface area contributed by atoms with Crippen molar-refractivity contribution in [2.75, 3.05) is 6.54 Å². The van der Waals surface area contributed by atoms with Crippen molar-refractivity contribution in [2.24, 2.45) is 17.1 Å². The molecule has 0 amide bonds. The van der Waals surface area contributed by atoms with Crippen LogP contribution >= 0.6 is 0 Å². The fourth-order valence-corrected chi connectivity index (χ4v) is 2.25. The quantitative estimate of drug-likeness (QED) is 0.843. The highest BCUT2D eigenvalue weighted by Gasteiger charge is 2.40. The Bertz CT molecular complexity index is 440. The first kappa shape index (κ1) is 14.7. The van der Waals surface area contributed by atoms with Crippen LogP contribution in [0.5, 0.6) is 0 Å². The monoisotopic (exact) mass is 249 g/mol. The van der Waals surface area contributed by atoms with Gasteiger partial charge in [-0.1, -0.05) is 37.6 Å². The van der Waals surface area contributed by atoms with Crippen LogP contribution in [0.2, 0.25) is 0 Å². The third-order valence-corrected chi connectivity index (χ3v) is 3.91. The standard InChI is InChI=1S/C15H23NO2/c1-10(2)15(9-16,14(17)18)8-13-7-11(3)5-6-12(13)4/h5-7,10H,8-9,16H2,1-4H3,(H,17,18). The summed E-state index contributed by atoms with van der Waals surface area (Å²) >= 11 is 0. The molecule has 0 bridgehead atoms. The van der Waals surface area contributed by atoms with Gasteiger partial charge in [0.15, 0.2) is 0 Å². The lowest BCUT2D eigenvalue weighted by Crippen LogP contribution is -2.45. The second kappa shape index (κ2) is 5.53. The lowest BCUT2D eigenvalue weighted by atomic mass is 9.72. The van der Waals surface area contributed by atoms with Gasteiger partial charge in [-0.05, 0) is 37.3 Å². The van der Waals surface area contributed by atoms with Crippen LogP contribution in [-0.2, 0) is 11.2 Å². The van der Waals surface area contributed by atoms with Gasteiger partial charge in [0.1, 0.15) is 0 Å². The molecule has 0 aliphatic rings. The Morgan fingerprint density at radius 2 is 2.00 bits per heavy atom. The molecule has 1 aromatic rings. The number of hydrogen-bond donors (Lipinski definition) is 2. The van der Waals surface area contributed by atoms with Crippen molar-refractivity contribution in [3.8, 4) is 0 Å². The smallest absolute Gasteiger partial charge is 0.311 e. The van der Waals surface area contributed by atoms with Gasteiger partial charge in [-0.3, -0.25) is 4.79 Å². The van der Waals surface area contributed by atoms with E-state index in [2.05, 4.69) is 6.07 Å². The number of benzene rings is 1. The first-order valence-electron chi connectivity index (χ1n) is 6.33. The minimum Gasteiger partial charge on any atom is -0.481 e. The number of carbonyl (C=O) groups is 1. The highest BCUT2D eigenvalue weighted by atomic mass is 16.4. The first-order chi connectivity index (χ1) is 8.33. The maximum atomic E-state index is 11.6. The molecule has 0 heterocycles. The number of nitrogens with two attached hydrogens (primary N) is 1. The first-order valence-corrected chi connectivity index (χ1v) is 6.33. The molecule has 0 aliphatic carbocycles. The summed E-state index contributed by atoms with van der Waals surface area (Å²) in [6.07, 6.45) is 0.490. The number of rotatable bonds is 5. The Hall–Kier alpha value is -1.35. The summed E-state index contributed by atoms with van der Waals surface area (Å²) in [5, 5.41) is 9.54. The van der Waals surface area contributed by atoms with Crippen molar-refractivity contribution < 1.29 is 9.90 Å². The van der Waals surface area contributed by atoms with Crippen molar-refractivity contribution in [1.82, 2.24) is 0 Å². The van der Waals surface area contributed by atoms with Crippen molar-refractivity contribution >= 4 is 5.97 Å². The third kappa shape index (κ3) is 2.72. The zero-order chi connectivity index (χ0) is 13.9. The van der Waals surface area contributed by atoms with Gasteiger partial charge in [-0.2, -0.15) is 0 Å². The van der Waals surface area contributed by atoms with Crippen LogP contribution < -0.4 is 5.73 Å². The van der Waals surface area contributed by atoms with Crippen molar-refractivity contribution in [1.29, 1.82) is 0 Å².